The zero-order valence-corrected chi connectivity index (χ0v) is 13.1. The standard InChI is InChI=1S/C13H17BrN2O2S/c1-19-11-5-3-2-4-10(11)16-12(17)8-6-9(14)13(18)15-7-8/h6-7,10-11H,2-5H2,1H3,(H,15,18)(H,16,17). The second kappa shape index (κ2) is 6.61. The van der Waals surface area contributed by atoms with Gasteiger partial charge in [0, 0.05) is 17.5 Å². The minimum atomic E-state index is -0.226. The molecule has 1 heterocycles. The Kier molecular flexibility index (Phi) is 5.10. The summed E-state index contributed by atoms with van der Waals surface area (Å²) in [5.41, 5.74) is 0.258. The summed E-state index contributed by atoms with van der Waals surface area (Å²) in [5.74, 6) is -0.122. The van der Waals surface area contributed by atoms with E-state index in [1.54, 1.807) is 6.07 Å². The molecule has 19 heavy (non-hydrogen) atoms. The van der Waals surface area contributed by atoms with Gasteiger partial charge in [0.15, 0.2) is 0 Å². The van der Waals surface area contributed by atoms with Gasteiger partial charge in [0.05, 0.1) is 10.0 Å². The van der Waals surface area contributed by atoms with Crippen molar-refractivity contribution >= 4 is 33.6 Å². The summed E-state index contributed by atoms with van der Waals surface area (Å²) >= 11 is 4.95. The van der Waals surface area contributed by atoms with Crippen molar-refractivity contribution in [3.05, 3.63) is 32.7 Å². The molecule has 6 heteroatoms. The number of carbonyl (C=O) groups excluding carboxylic acids is 1. The number of pyridine rings is 1. The predicted molar refractivity (Wildman–Crippen MR) is 81.8 cm³/mol. The molecule has 1 aliphatic rings. The van der Waals surface area contributed by atoms with Crippen LogP contribution < -0.4 is 10.9 Å². The molecule has 1 aromatic heterocycles. The number of halogens is 1. The molecule has 1 saturated carbocycles. The van der Waals surface area contributed by atoms with Gasteiger partial charge < -0.3 is 10.3 Å². The highest BCUT2D eigenvalue weighted by molar-refractivity contribution is 9.10. The van der Waals surface area contributed by atoms with E-state index >= 15 is 0 Å². The van der Waals surface area contributed by atoms with Crippen molar-refractivity contribution in [3.63, 3.8) is 0 Å². The number of nitrogens with one attached hydrogen (secondary N) is 2. The van der Waals surface area contributed by atoms with Gasteiger partial charge in [-0.2, -0.15) is 11.8 Å². The lowest BCUT2D eigenvalue weighted by atomic mass is 9.94. The van der Waals surface area contributed by atoms with Crippen molar-refractivity contribution in [2.24, 2.45) is 0 Å². The molecule has 0 bridgehead atoms. The maximum absolute atomic E-state index is 12.2. The molecule has 1 fully saturated rings. The monoisotopic (exact) mass is 344 g/mol. The Morgan fingerprint density at radius 3 is 2.89 bits per heavy atom. The number of rotatable bonds is 3. The van der Waals surface area contributed by atoms with E-state index in [0.29, 0.717) is 15.3 Å². The fourth-order valence-corrected chi connectivity index (χ4v) is 3.68. The van der Waals surface area contributed by atoms with Gasteiger partial charge in [-0.3, -0.25) is 9.59 Å². The van der Waals surface area contributed by atoms with Crippen LogP contribution in [0.4, 0.5) is 0 Å². The van der Waals surface area contributed by atoms with Gasteiger partial charge in [0.1, 0.15) is 0 Å². The molecule has 2 N–H and O–H groups in total. The lowest BCUT2D eigenvalue weighted by Crippen LogP contribution is -2.43. The quantitative estimate of drug-likeness (QED) is 0.885. The maximum atomic E-state index is 12.2. The SMILES string of the molecule is CSC1CCCCC1NC(=O)c1c[nH]c(=O)c(Br)c1. The third kappa shape index (κ3) is 3.63. The number of hydrogen-bond donors (Lipinski definition) is 2. The normalized spacial score (nSPS) is 23.1. The van der Waals surface area contributed by atoms with Crippen molar-refractivity contribution in [2.75, 3.05) is 6.26 Å². The Morgan fingerprint density at radius 2 is 2.21 bits per heavy atom. The van der Waals surface area contributed by atoms with Crippen molar-refractivity contribution in [3.8, 4) is 0 Å². The minimum Gasteiger partial charge on any atom is -0.348 e. The lowest BCUT2D eigenvalue weighted by molar-refractivity contribution is 0.0929. The van der Waals surface area contributed by atoms with E-state index in [-0.39, 0.29) is 17.5 Å². The fourth-order valence-electron chi connectivity index (χ4n) is 2.38. The highest BCUT2D eigenvalue weighted by atomic mass is 79.9. The van der Waals surface area contributed by atoms with E-state index in [1.807, 2.05) is 11.8 Å². The summed E-state index contributed by atoms with van der Waals surface area (Å²) in [6, 6.07) is 1.78. The van der Waals surface area contributed by atoms with Gasteiger partial charge in [-0.05, 0) is 41.1 Å². The van der Waals surface area contributed by atoms with Crippen LogP contribution in [-0.2, 0) is 0 Å². The van der Waals surface area contributed by atoms with Crippen LogP contribution >= 0.6 is 27.7 Å². The van der Waals surface area contributed by atoms with Crippen molar-refractivity contribution in [2.45, 2.75) is 37.0 Å². The number of aromatic nitrogens is 1. The Hall–Kier alpha value is -0.750. The summed E-state index contributed by atoms with van der Waals surface area (Å²) in [5, 5.41) is 3.57. The van der Waals surface area contributed by atoms with Crippen LogP contribution in [0.1, 0.15) is 36.0 Å². The van der Waals surface area contributed by atoms with E-state index < -0.39 is 0 Å². The predicted octanol–water partition coefficient (Wildman–Crippen LogP) is 2.54. The largest absolute Gasteiger partial charge is 0.348 e. The first-order valence-corrected chi connectivity index (χ1v) is 8.42. The van der Waals surface area contributed by atoms with Gasteiger partial charge >= 0.3 is 0 Å². The number of aromatic amines is 1. The second-order valence-electron chi connectivity index (χ2n) is 4.70. The summed E-state index contributed by atoms with van der Waals surface area (Å²) < 4.78 is 0.380. The first kappa shape index (κ1) is 14.7. The van der Waals surface area contributed by atoms with Crippen LogP contribution in [0.15, 0.2) is 21.5 Å². The molecule has 0 saturated heterocycles. The first-order valence-electron chi connectivity index (χ1n) is 6.33. The highest BCUT2D eigenvalue weighted by Crippen LogP contribution is 2.27. The zero-order valence-electron chi connectivity index (χ0n) is 10.7. The van der Waals surface area contributed by atoms with E-state index in [0.717, 1.165) is 19.3 Å². The molecule has 2 atom stereocenters. The molecule has 0 spiro atoms. The molecule has 0 radical (unpaired) electrons. The third-order valence-corrected chi connectivity index (χ3v) is 5.20. The van der Waals surface area contributed by atoms with Gasteiger partial charge in [0.2, 0.25) is 0 Å². The Bertz CT molecular complexity index is 518. The zero-order chi connectivity index (χ0) is 13.8. The van der Waals surface area contributed by atoms with E-state index in [9.17, 15) is 9.59 Å². The molecule has 1 aliphatic carbocycles. The van der Waals surface area contributed by atoms with Crippen molar-refractivity contribution < 1.29 is 4.79 Å². The third-order valence-electron chi connectivity index (χ3n) is 3.44. The van der Waals surface area contributed by atoms with Gasteiger partial charge in [-0.1, -0.05) is 12.8 Å². The molecular weight excluding hydrogens is 328 g/mol. The smallest absolute Gasteiger partial charge is 0.262 e. The molecule has 0 aromatic carbocycles. The van der Waals surface area contributed by atoms with E-state index in [4.69, 9.17) is 0 Å². The van der Waals surface area contributed by atoms with Crippen LogP contribution in [0, 0.1) is 0 Å². The highest BCUT2D eigenvalue weighted by Gasteiger charge is 2.26. The van der Waals surface area contributed by atoms with Gasteiger partial charge in [-0.25, -0.2) is 0 Å². The molecule has 2 rings (SSSR count). The second-order valence-corrected chi connectivity index (χ2v) is 6.64. The first-order chi connectivity index (χ1) is 9.11. The van der Waals surface area contributed by atoms with E-state index in [2.05, 4.69) is 32.5 Å². The van der Waals surface area contributed by atoms with Crippen LogP contribution in [0.2, 0.25) is 0 Å². The Morgan fingerprint density at radius 1 is 1.47 bits per heavy atom. The average Bonchev–Trinajstić information content (AvgIpc) is 2.42. The van der Waals surface area contributed by atoms with Gasteiger partial charge in [-0.15, -0.1) is 0 Å². The molecular formula is C13H17BrN2O2S. The summed E-state index contributed by atoms with van der Waals surface area (Å²) in [6.07, 6.45) is 8.13. The molecule has 1 aromatic rings. The summed E-state index contributed by atoms with van der Waals surface area (Å²) in [7, 11) is 0. The fraction of sp³-hybridized carbons (Fsp3) is 0.538. The topological polar surface area (TPSA) is 62.0 Å². The number of thioether (sulfide) groups is 1. The van der Waals surface area contributed by atoms with E-state index in [1.165, 1.54) is 12.6 Å². The van der Waals surface area contributed by atoms with Crippen molar-refractivity contribution in [1.82, 2.24) is 10.3 Å². The van der Waals surface area contributed by atoms with Crippen molar-refractivity contribution in [1.29, 1.82) is 0 Å². The molecule has 2 unspecified atom stereocenters. The summed E-state index contributed by atoms with van der Waals surface area (Å²) in [6.45, 7) is 0. The maximum Gasteiger partial charge on any atom is 0.262 e. The number of H-pyrrole nitrogens is 1. The minimum absolute atomic E-state index is 0.122. The summed E-state index contributed by atoms with van der Waals surface area (Å²) in [4.78, 5) is 26.0. The number of carbonyl (C=O) groups is 1. The number of amides is 1. The molecule has 104 valence electrons. The van der Waals surface area contributed by atoms with Crippen LogP contribution in [0.3, 0.4) is 0 Å². The molecule has 4 nitrogen and oxygen atoms in total. The van der Waals surface area contributed by atoms with Gasteiger partial charge in [0.25, 0.3) is 11.5 Å². The van der Waals surface area contributed by atoms with Crippen LogP contribution in [-0.4, -0.2) is 28.4 Å². The van der Waals surface area contributed by atoms with Crippen LogP contribution in [0.5, 0.6) is 0 Å². The Balaban J connectivity index is 2.07. The van der Waals surface area contributed by atoms with Crippen LogP contribution in [0.25, 0.3) is 0 Å². The molecule has 0 aliphatic heterocycles. The Labute approximate surface area is 124 Å². The average molecular weight is 345 g/mol. The molecule has 1 amide bonds. The number of hydrogen-bond acceptors (Lipinski definition) is 3. The lowest BCUT2D eigenvalue weighted by Gasteiger charge is -2.30.